The van der Waals surface area contributed by atoms with Gasteiger partial charge >= 0.3 is 0 Å². The van der Waals surface area contributed by atoms with Crippen LogP contribution in [0.4, 0.5) is 4.39 Å². The second kappa shape index (κ2) is 7.06. The van der Waals surface area contributed by atoms with Crippen LogP contribution < -0.4 is 0 Å². The Morgan fingerprint density at radius 1 is 1.09 bits per heavy atom. The zero-order valence-corrected chi connectivity index (χ0v) is 15.6. The van der Waals surface area contributed by atoms with Crippen molar-refractivity contribution in [1.29, 1.82) is 0 Å². The van der Waals surface area contributed by atoms with E-state index in [1.54, 1.807) is 23.9 Å². The van der Waals surface area contributed by atoms with Crippen LogP contribution in [0.5, 0.6) is 0 Å². The first-order valence-corrected chi connectivity index (χ1v) is 9.91. The van der Waals surface area contributed by atoms with E-state index in [-0.39, 0.29) is 5.82 Å². The highest BCUT2D eigenvalue weighted by atomic mass is 79.9. The number of halogens is 2. The number of rotatable bonds is 4. The molecule has 23 heavy (non-hydrogen) atoms. The average molecular weight is 389 g/mol. The lowest BCUT2D eigenvalue weighted by Crippen LogP contribution is -1.87. The zero-order valence-electron chi connectivity index (χ0n) is 13.2. The quantitative estimate of drug-likeness (QED) is 0.416. The summed E-state index contributed by atoms with van der Waals surface area (Å²) in [5.41, 5.74) is 7.03. The van der Waals surface area contributed by atoms with Gasteiger partial charge in [-0.3, -0.25) is 0 Å². The Hall–Kier alpha value is -1.32. The lowest BCUT2D eigenvalue weighted by atomic mass is 10.0. The molecule has 2 aromatic rings. The number of benzene rings is 2. The fourth-order valence-corrected chi connectivity index (χ4v) is 3.84. The number of thioether (sulfide) groups is 1. The van der Waals surface area contributed by atoms with Gasteiger partial charge in [0.25, 0.3) is 0 Å². The second-order valence-electron chi connectivity index (χ2n) is 5.56. The molecule has 0 nitrogen and oxygen atoms in total. The summed E-state index contributed by atoms with van der Waals surface area (Å²) < 4.78 is 13.7. The Balaban J connectivity index is 2.09. The molecule has 3 heteroatoms. The summed E-state index contributed by atoms with van der Waals surface area (Å²) in [5, 5.41) is 0.880. The Morgan fingerprint density at radius 3 is 2.48 bits per heavy atom. The Morgan fingerprint density at radius 2 is 1.83 bits per heavy atom. The van der Waals surface area contributed by atoms with Crippen LogP contribution in [0, 0.1) is 5.82 Å². The molecule has 0 saturated carbocycles. The number of allylic oxidation sites excluding steroid dienone is 3. The summed E-state index contributed by atoms with van der Waals surface area (Å²) in [6.45, 7) is 2.14. The van der Waals surface area contributed by atoms with Crippen molar-refractivity contribution in [1.82, 2.24) is 0 Å². The molecule has 0 saturated heterocycles. The van der Waals surface area contributed by atoms with Crippen molar-refractivity contribution in [3.8, 4) is 0 Å². The van der Waals surface area contributed by atoms with E-state index in [1.807, 2.05) is 6.07 Å². The Kier molecular flexibility index (Phi) is 5.08. The van der Waals surface area contributed by atoms with Crippen LogP contribution in [-0.4, -0.2) is 11.6 Å². The van der Waals surface area contributed by atoms with Crippen molar-refractivity contribution in [3.05, 3.63) is 70.5 Å². The van der Waals surface area contributed by atoms with Crippen LogP contribution >= 0.6 is 27.7 Å². The minimum absolute atomic E-state index is 0.172. The van der Waals surface area contributed by atoms with Gasteiger partial charge in [0, 0.05) is 10.2 Å². The average Bonchev–Trinajstić information content (AvgIpc) is 2.81. The van der Waals surface area contributed by atoms with E-state index >= 15 is 0 Å². The molecular formula is C20H18BrFS. The SMILES string of the molecule is CSc1ccc(/C=C2\C(C)=C(CCBr)c3cc(F)ccc32)cc1. The van der Waals surface area contributed by atoms with Crippen molar-refractivity contribution in [2.45, 2.75) is 18.2 Å². The van der Waals surface area contributed by atoms with E-state index < -0.39 is 0 Å². The van der Waals surface area contributed by atoms with Gasteiger partial charge < -0.3 is 0 Å². The van der Waals surface area contributed by atoms with Crippen LogP contribution in [0.25, 0.3) is 17.2 Å². The molecule has 0 N–H and O–H groups in total. The second-order valence-corrected chi connectivity index (χ2v) is 7.24. The monoisotopic (exact) mass is 388 g/mol. The maximum Gasteiger partial charge on any atom is 0.123 e. The number of hydrogen-bond donors (Lipinski definition) is 0. The van der Waals surface area contributed by atoms with Crippen LogP contribution in [0.1, 0.15) is 30.0 Å². The predicted molar refractivity (Wildman–Crippen MR) is 103 cm³/mol. The summed E-state index contributed by atoms with van der Waals surface area (Å²) >= 11 is 5.25. The molecule has 0 aliphatic heterocycles. The Labute approximate surface area is 149 Å². The van der Waals surface area contributed by atoms with E-state index in [4.69, 9.17) is 0 Å². The third kappa shape index (κ3) is 3.31. The van der Waals surface area contributed by atoms with Crippen LogP contribution in [0.2, 0.25) is 0 Å². The number of hydrogen-bond acceptors (Lipinski definition) is 1. The molecule has 118 valence electrons. The van der Waals surface area contributed by atoms with Gasteiger partial charge in [0.15, 0.2) is 0 Å². The van der Waals surface area contributed by atoms with E-state index in [9.17, 15) is 4.39 Å². The first-order valence-electron chi connectivity index (χ1n) is 7.56. The smallest absolute Gasteiger partial charge is 0.123 e. The van der Waals surface area contributed by atoms with Crippen molar-refractivity contribution in [2.75, 3.05) is 11.6 Å². The molecule has 1 aliphatic rings. The van der Waals surface area contributed by atoms with Gasteiger partial charge in [0.05, 0.1) is 0 Å². The maximum absolute atomic E-state index is 13.7. The summed E-state index contributed by atoms with van der Waals surface area (Å²) in [7, 11) is 0. The maximum atomic E-state index is 13.7. The molecule has 0 aromatic heterocycles. The molecular weight excluding hydrogens is 371 g/mol. The highest BCUT2D eigenvalue weighted by Crippen LogP contribution is 2.44. The highest BCUT2D eigenvalue weighted by Gasteiger charge is 2.23. The fourth-order valence-electron chi connectivity index (χ4n) is 3.04. The highest BCUT2D eigenvalue weighted by molar-refractivity contribution is 9.09. The van der Waals surface area contributed by atoms with E-state index in [0.29, 0.717) is 0 Å². The minimum atomic E-state index is -0.172. The van der Waals surface area contributed by atoms with Gasteiger partial charge in [0.1, 0.15) is 5.82 Å². The Bertz CT molecular complexity index is 788. The van der Waals surface area contributed by atoms with Gasteiger partial charge in [0.2, 0.25) is 0 Å². The van der Waals surface area contributed by atoms with E-state index in [0.717, 1.165) is 22.9 Å². The van der Waals surface area contributed by atoms with Crippen LogP contribution in [0.15, 0.2) is 52.9 Å². The molecule has 0 fully saturated rings. The van der Waals surface area contributed by atoms with E-state index in [2.05, 4.69) is 59.5 Å². The predicted octanol–water partition coefficient (Wildman–Crippen LogP) is 6.66. The first kappa shape index (κ1) is 16.5. The summed E-state index contributed by atoms with van der Waals surface area (Å²) in [5.74, 6) is -0.172. The largest absolute Gasteiger partial charge is 0.207 e. The lowest BCUT2D eigenvalue weighted by molar-refractivity contribution is 0.627. The third-order valence-electron chi connectivity index (χ3n) is 4.22. The van der Waals surface area contributed by atoms with Crippen molar-refractivity contribution < 1.29 is 4.39 Å². The lowest BCUT2D eigenvalue weighted by Gasteiger charge is -2.05. The van der Waals surface area contributed by atoms with Gasteiger partial charge in [-0.15, -0.1) is 11.8 Å². The van der Waals surface area contributed by atoms with Crippen LogP contribution in [-0.2, 0) is 0 Å². The summed E-state index contributed by atoms with van der Waals surface area (Å²) in [4.78, 5) is 1.26. The van der Waals surface area contributed by atoms with Gasteiger partial charge in [-0.05, 0) is 83.4 Å². The normalized spacial score (nSPS) is 15.4. The molecule has 0 radical (unpaired) electrons. The molecule has 0 atom stereocenters. The summed E-state index contributed by atoms with van der Waals surface area (Å²) in [6.07, 6.45) is 5.19. The molecule has 1 aliphatic carbocycles. The van der Waals surface area contributed by atoms with Crippen molar-refractivity contribution >= 4 is 44.9 Å². The molecule has 3 rings (SSSR count). The van der Waals surface area contributed by atoms with Crippen LogP contribution in [0.3, 0.4) is 0 Å². The zero-order chi connectivity index (χ0) is 16.4. The third-order valence-corrected chi connectivity index (χ3v) is 5.36. The molecule has 0 unspecified atom stereocenters. The minimum Gasteiger partial charge on any atom is -0.207 e. The topological polar surface area (TPSA) is 0 Å². The summed E-state index contributed by atoms with van der Waals surface area (Å²) in [6, 6.07) is 13.7. The van der Waals surface area contributed by atoms with Crippen molar-refractivity contribution in [2.24, 2.45) is 0 Å². The first-order chi connectivity index (χ1) is 11.1. The molecule has 0 bridgehead atoms. The van der Waals surface area contributed by atoms with Gasteiger partial charge in [-0.2, -0.15) is 0 Å². The fraction of sp³-hybridized carbons (Fsp3) is 0.200. The van der Waals surface area contributed by atoms with Gasteiger partial charge in [-0.25, -0.2) is 4.39 Å². The molecule has 0 spiro atoms. The number of fused-ring (bicyclic) bond motifs is 1. The van der Waals surface area contributed by atoms with E-state index in [1.165, 1.54) is 27.2 Å². The molecule has 0 heterocycles. The molecule has 0 amide bonds. The van der Waals surface area contributed by atoms with Gasteiger partial charge in [-0.1, -0.05) is 34.1 Å². The molecule has 2 aromatic carbocycles. The number of alkyl halides is 1. The van der Waals surface area contributed by atoms with Crippen molar-refractivity contribution in [3.63, 3.8) is 0 Å². The standard InChI is InChI=1S/C20H18BrFS/c1-13-17(9-10-21)20-12-15(22)5-8-18(20)19(13)11-14-3-6-16(23-2)7-4-14/h3-8,11-12H,9-10H2,1-2H3/b19-11+.